The third-order valence-corrected chi connectivity index (χ3v) is 2.54. The van der Waals surface area contributed by atoms with Crippen LogP contribution in [-0.2, 0) is 9.16 Å². The molecule has 0 N–H and O–H groups in total. The third kappa shape index (κ3) is 2.72. The minimum atomic E-state index is 0.747. The molecule has 0 saturated carbocycles. The number of carbonyl (C=O) groups excluding carboxylic acids is 1. The topological polar surface area (TPSA) is 20.5 Å². The predicted octanol–water partition coefficient (Wildman–Crippen LogP) is 2.90. The normalized spacial score (nSPS) is 19.5. The summed E-state index contributed by atoms with van der Waals surface area (Å²) in [7, 11) is 3.28. The predicted molar refractivity (Wildman–Crippen MR) is 69.6 cm³/mol. The Morgan fingerprint density at radius 2 is 1.88 bits per heavy atom. The van der Waals surface area contributed by atoms with Gasteiger partial charge in [-0.25, -0.2) is 0 Å². The van der Waals surface area contributed by atoms with Gasteiger partial charge >= 0.3 is 5.78 Å². The summed E-state index contributed by atoms with van der Waals surface area (Å²) in [6.07, 6.45) is 7.98. The number of hydrogen-bond acceptors (Lipinski definition) is 1. The Morgan fingerprint density at radius 3 is 2.53 bits per heavy atom. The third-order valence-electron chi connectivity index (χ3n) is 2.54. The van der Waals surface area contributed by atoms with Crippen molar-refractivity contribution in [3.8, 4) is 0 Å². The van der Waals surface area contributed by atoms with Gasteiger partial charge in [-0.3, -0.25) is 4.42 Å². The lowest BCUT2D eigenvalue weighted by molar-refractivity contribution is -0.419. The van der Waals surface area contributed by atoms with Crippen molar-refractivity contribution >= 4 is 11.9 Å². The number of hydrogen-bond donors (Lipinski definition) is 0. The lowest BCUT2D eigenvalue weighted by atomic mass is 10.0. The van der Waals surface area contributed by atoms with Crippen molar-refractivity contribution in [2.75, 3.05) is 14.2 Å². The summed E-state index contributed by atoms with van der Waals surface area (Å²) in [5.74, 6) is 1.50. The molecule has 0 fully saturated rings. The Kier molecular flexibility index (Phi) is 3.55. The SMILES string of the molecule is COC1=C/C(=C\c2ccccc2)C=CC1=[O+]C. The second-order valence-corrected chi connectivity index (χ2v) is 3.67. The van der Waals surface area contributed by atoms with Gasteiger partial charge in [0.1, 0.15) is 0 Å². The maximum atomic E-state index is 5.27. The van der Waals surface area contributed by atoms with Crippen LogP contribution >= 0.6 is 0 Å². The van der Waals surface area contributed by atoms with Crippen LogP contribution in [0.2, 0.25) is 0 Å². The van der Waals surface area contributed by atoms with Crippen molar-refractivity contribution in [3.63, 3.8) is 0 Å². The molecule has 0 radical (unpaired) electrons. The summed E-state index contributed by atoms with van der Waals surface area (Å²) in [4.78, 5) is 0. The minimum Gasteiger partial charge on any atom is -0.488 e. The molecule has 0 aliphatic heterocycles. The Balaban J connectivity index is 2.31. The van der Waals surface area contributed by atoms with Crippen LogP contribution in [0.1, 0.15) is 5.56 Å². The maximum absolute atomic E-state index is 5.27. The van der Waals surface area contributed by atoms with Gasteiger partial charge < -0.3 is 4.74 Å². The first kappa shape index (κ1) is 11.4. The van der Waals surface area contributed by atoms with E-state index < -0.39 is 0 Å². The molecule has 0 amide bonds. The van der Waals surface area contributed by atoms with Crippen molar-refractivity contribution < 1.29 is 9.16 Å². The fraction of sp³-hybridized carbons (Fsp3) is 0.133. The van der Waals surface area contributed by atoms with Crippen LogP contribution in [0.5, 0.6) is 0 Å². The molecule has 1 aliphatic carbocycles. The van der Waals surface area contributed by atoms with Crippen LogP contribution < -0.4 is 0 Å². The molecule has 17 heavy (non-hydrogen) atoms. The maximum Gasteiger partial charge on any atom is 0.384 e. The van der Waals surface area contributed by atoms with E-state index in [4.69, 9.17) is 9.16 Å². The fourth-order valence-corrected chi connectivity index (χ4v) is 1.68. The van der Waals surface area contributed by atoms with E-state index in [1.54, 1.807) is 14.2 Å². The molecule has 0 atom stereocenters. The zero-order valence-corrected chi connectivity index (χ0v) is 10.0. The first-order valence-corrected chi connectivity index (χ1v) is 5.45. The molecule has 2 heteroatoms. The molecule has 86 valence electrons. The molecule has 1 aliphatic rings. The average Bonchev–Trinajstić information content (AvgIpc) is 2.40. The summed E-state index contributed by atoms with van der Waals surface area (Å²) < 4.78 is 10.5. The molecule has 0 aromatic heterocycles. The quantitative estimate of drug-likeness (QED) is 0.711. The molecule has 1 aromatic rings. The number of allylic oxidation sites excluding steroid dienone is 4. The lowest BCUT2D eigenvalue weighted by Crippen LogP contribution is -2.07. The van der Waals surface area contributed by atoms with Gasteiger partial charge in [0.25, 0.3) is 7.11 Å². The molecule has 0 unspecified atom stereocenters. The molecular weight excluding hydrogens is 212 g/mol. The summed E-state index contributed by atoms with van der Waals surface area (Å²) in [6, 6.07) is 10.2. The van der Waals surface area contributed by atoms with E-state index in [0.29, 0.717) is 0 Å². The number of methoxy groups -OCH3 is 1. The highest BCUT2D eigenvalue weighted by Crippen LogP contribution is 2.16. The van der Waals surface area contributed by atoms with E-state index in [0.717, 1.165) is 17.1 Å². The van der Waals surface area contributed by atoms with Crippen LogP contribution in [0, 0.1) is 0 Å². The van der Waals surface area contributed by atoms with Crippen molar-refractivity contribution in [1.29, 1.82) is 0 Å². The van der Waals surface area contributed by atoms with Gasteiger partial charge in [-0.1, -0.05) is 30.3 Å². The molecule has 0 heterocycles. The lowest BCUT2D eigenvalue weighted by Gasteiger charge is -2.05. The molecule has 2 rings (SSSR count). The van der Waals surface area contributed by atoms with Gasteiger partial charge in [-0.05, 0) is 29.4 Å². The van der Waals surface area contributed by atoms with Gasteiger partial charge in [-0.15, -0.1) is 0 Å². The second kappa shape index (κ2) is 5.30. The number of ether oxygens (including phenoxy) is 1. The highest BCUT2D eigenvalue weighted by Gasteiger charge is 2.18. The van der Waals surface area contributed by atoms with Crippen LogP contribution in [0.3, 0.4) is 0 Å². The summed E-state index contributed by atoms with van der Waals surface area (Å²) in [6.45, 7) is 0. The van der Waals surface area contributed by atoms with E-state index in [1.165, 1.54) is 5.56 Å². The highest BCUT2D eigenvalue weighted by molar-refractivity contribution is 6.05. The van der Waals surface area contributed by atoms with Gasteiger partial charge in [0, 0.05) is 6.08 Å². The number of rotatable bonds is 2. The molecular formula is C15H15O2+. The van der Waals surface area contributed by atoms with Crippen molar-refractivity contribution in [2.45, 2.75) is 0 Å². The largest absolute Gasteiger partial charge is 0.488 e. The van der Waals surface area contributed by atoms with E-state index in [9.17, 15) is 0 Å². The molecule has 1 aromatic carbocycles. The molecule has 0 bridgehead atoms. The summed E-state index contributed by atoms with van der Waals surface area (Å²) >= 11 is 0. The van der Waals surface area contributed by atoms with Crippen LogP contribution in [0.15, 0.2) is 59.9 Å². The van der Waals surface area contributed by atoms with Gasteiger partial charge in [-0.2, -0.15) is 0 Å². The molecule has 0 spiro atoms. The van der Waals surface area contributed by atoms with Crippen LogP contribution in [0.25, 0.3) is 6.08 Å². The van der Waals surface area contributed by atoms with Crippen molar-refractivity contribution in [2.24, 2.45) is 0 Å². The zero-order valence-electron chi connectivity index (χ0n) is 10.0. The second-order valence-electron chi connectivity index (χ2n) is 3.67. The number of ketones is 1. The van der Waals surface area contributed by atoms with E-state index in [2.05, 4.69) is 18.2 Å². The molecule has 2 nitrogen and oxygen atoms in total. The average molecular weight is 227 g/mol. The summed E-state index contributed by atoms with van der Waals surface area (Å²) in [5, 5.41) is 0. The fourth-order valence-electron chi connectivity index (χ4n) is 1.68. The summed E-state index contributed by atoms with van der Waals surface area (Å²) in [5.41, 5.74) is 2.26. The minimum absolute atomic E-state index is 0.747. The van der Waals surface area contributed by atoms with Gasteiger partial charge in [0.2, 0.25) is 5.76 Å². The zero-order chi connectivity index (χ0) is 12.1. The Hall–Kier alpha value is -2.09. The van der Waals surface area contributed by atoms with E-state index in [1.807, 2.05) is 36.4 Å². The standard InChI is InChI=1S/C15H15O2/c1-16-14-9-8-13(11-15(14)17-2)10-12-6-4-3-5-7-12/h3-11H,1-2H3/q+1/b13-10-. The van der Waals surface area contributed by atoms with Crippen molar-refractivity contribution in [1.82, 2.24) is 0 Å². The van der Waals surface area contributed by atoms with Crippen LogP contribution in [0.4, 0.5) is 0 Å². The monoisotopic (exact) mass is 227 g/mol. The Labute approximate surface area is 101 Å². The first-order chi connectivity index (χ1) is 8.33. The Morgan fingerprint density at radius 1 is 1.12 bits per heavy atom. The van der Waals surface area contributed by atoms with Crippen molar-refractivity contribution in [3.05, 3.63) is 65.5 Å². The van der Waals surface area contributed by atoms with Gasteiger partial charge in [0.05, 0.1) is 7.11 Å². The highest BCUT2D eigenvalue weighted by atomic mass is 16.5. The smallest absolute Gasteiger partial charge is 0.384 e. The number of benzene rings is 1. The molecule has 0 saturated heterocycles. The first-order valence-electron chi connectivity index (χ1n) is 5.45. The van der Waals surface area contributed by atoms with Crippen LogP contribution in [-0.4, -0.2) is 20.0 Å². The Bertz CT molecular complexity index is 505. The van der Waals surface area contributed by atoms with Gasteiger partial charge in [0.15, 0.2) is 0 Å². The van der Waals surface area contributed by atoms with E-state index in [-0.39, 0.29) is 0 Å². The van der Waals surface area contributed by atoms with E-state index >= 15 is 0 Å².